The number of amides is 3. The largest absolute Gasteiger partial charge is 0.335 e. The Hall–Kier alpha value is -2.62. The quantitative estimate of drug-likeness (QED) is 0.785. The number of anilines is 1. The SMILES string of the molecule is O=C(Nc1ccc(F)c(F)c1)c1nnc(C2CCCN2C(=O)NC2CCCC2)s1. The number of aromatic nitrogens is 2. The monoisotopic (exact) mass is 421 g/mol. The van der Waals surface area contributed by atoms with Gasteiger partial charge in [0.1, 0.15) is 5.01 Å². The van der Waals surface area contributed by atoms with Gasteiger partial charge in [0.2, 0.25) is 5.01 Å². The van der Waals surface area contributed by atoms with Crippen LogP contribution < -0.4 is 10.6 Å². The van der Waals surface area contributed by atoms with Gasteiger partial charge in [-0.2, -0.15) is 0 Å². The smallest absolute Gasteiger partial charge is 0.318 e. The maximum absolute atomic E-state index is 13.3. The third-order valence-corrected chi connectivity index (χ3v) is 6.32. The van der Waals surface area contributed by atoms with Crippen molar-refractivity contribution in [2.24, 2.45) is 0 Å². The second-order valence-electron chi connectivity index (χ2n) is 7.31. The maximum atomic E-state index is 13.3. The molecule has 1 aromatic carbocycles. The minimum atomic E-state index is -1.05. The highest BCUT2D eigenvalue weighted by molar-refractivity contribution is 7.13. The molecule has 1 aliphatic carbocycles. The Morgan fingerprint density at radius 2 is 1.86 bits per heavy atom. The van der Waals surface area contributed by atoms with Crippen molar-refractivity contribution in [2.75, 3.05) is 11.9 Å². The summed E-state index contributed by atoms with van der Waals surface area (Å²) in [6.07, 6.45) is 5.92. The molecule has 1 unspecified atom stereocenters. The highest BCUT2D eigenvalue weighted by Crippen LogP contribution is 2.34. The zero-order valence-corrected chi connectivity index (χ0v) is 16.5. The molecule has 0 bridgehead atoms. The molecule has 2 aliphatic rings. The van der Waals surface area contributed by atoms with Gasteiger partial charge in [-0.25, -0.2) is 13.6 Å². The highest BCUT2D eigenvalue weighted by Gasteiger charge is 2.34. The van der Waals surface area contributed by atoms with Gasteiger partial charge in [-0.1, -0.05) is 24.2 Å². The first-order chi connectivity index (χ1) is 14.0. The lowest BCUT2D eigenvalue weighted by Crippen LogP contribution is -2.43. The maximum Gasteiger partial charge on any atom is 0.318 e. The van der Waals surface area contributed by atoms with Crippen LogP contribution in [0, 0.1) is 11.6 Å². The van der Waals surface area contributed by atoms with Gasteiger partial charge < -0.3 is 15.5 Å². The van der Waals surface area contributed by atoms with Crippen LogP contribution in [-0.2, 0) is 0 Å². The molecule has 1 aromatic heterocycles. The van der Waals surface area contributed by atoms with Crippen LogP contribution in [0.3, 0.4) is 0 Å². The van der Waals surface area contributed by atoms with Crippen LogP contribution in [0.25, 0.3) is 0 Å². The van der Waals surface area contributed by atoms with E-state index in [2.05, 4.69) is 20.8 Å². The Balaban J connectivity index is 1.42. The molecule has 2 aromatic rings. The number of likely N-dealkylation sites (tertiary alicyclic amines) is 1. The summed E-state index contributed by atoms with van der Waals surface area (Å²) in [5.41, 5.74) is 0.129. The van der Waals surface area contributed by atoms with Gasteiger partial charge in [0.15, 0.2) is 11.6 Å². The van der Waals surface area contributed by atoms with Crippen molar-refractivity contribution in [1.82, 2.24) is 20.4 Å². The predicted molar refractivity (Wildman–Crippen MR) is 104 cm³/mol. The van der Waals surface area contributed by atoms with Gasteiger partial charge >= 0.3 is 6.03 Å². The van der Waals surface area contributed by atoms with E-state index >= 15 is 0 Å². The molecule has 10 heteroatoms. The van der Waals surface area contributed by atoms with E-state index in [4.69, 9.17) is 0 Å². The topological polar surface area (TPSA) is 87.2 Å². The fourth-order valence-electron chi connectivity index (χ4n) is 3.81. The lowest BCUT2D eigenvalue weighted by Gasteiger charge is -2.25. The number of benzene rings is 1. The first-order valence-corrected chi connectivity index (χ1v) is 10.5. The molecular formula is C19H21F2N5O2S. The molecule has 0 spiro atoms. The first kappa shape index (κ1) is 19.7. The van der Waals surface area contributed by atoms with E-state index in [1.54, 1.807) is 4.90 Å². The molecule has 2 heterocycles. The number of nitrogens with zero attached hydrogens (tertiary/aromatic N) is 3. The summed E-state index contributed by atoms with van der Waals surface area (Å²) in [6, 6.07) is 3.04. The van der Waals surface area contributed by atoms with E-state index in [-0.39, 0.29) is 28.8 Å². The molecule has 4 rings (SSSR count). The zero-order valence-electron chi connectivity index (χ0n) is 15.7. The number of urea groups is 1. The van der Waals surface area contributed by atoms with E-state index in [1.165, 1.54) is 6.07 Å². The summed E-state index contributed by atoms with van der Waals surface area (Å²) in [6.45, 7) is 0.638. The normalized spacial score (nSPS) is 19.5. The fraction of sp³-hybridized carbons (Fsp3) is 0.474. The molecular weight excluding hydrogens is 400 g/mol. The van der Waals surface area contributed by atoms with Crippen molar-refractivity contribution >= 4 is 29.0 Å². The Morgan fingerprint density at radius 1 is 1.07 bits per heavy atom. The lowest BCUT2D eigenvalue weighted by molar-refractivity contribution is 0.102. The van der Waals surface area contributed by atoms with Crippen LogP contribution >= 0.6 is 11.3 Å². The van der Waals surface area contributed by atoms with Crippen molar-refractivity contribution in [1.29, 1.82) is 0 Å². The standard InChI is InChI=1S/C19H21F2N5O2S/c20-13-8-7-12(10-14(13)21)22-16(27)18-25-24-17(29-18)15-6-3-9-26(15)19(28)23-11-4-1-2-5-11/h7-8,10-11,15H,1-6,9H2,(H,22,27)(H,23,28). The fourth-order valence-corrected chi connectivity index (χ4v) is 4.70. The molecule has 1 saturated heterocycles. The van der Waals surface area contributed by atoms with Gasteiger partial charge in [-0.15, -0.1) is 10.2 Å². The summed E-state index contributed by atoms with van der Waals surface area (Å²) in [5.74, 6) is -2.59. The number of rotatable bonds is 4. The number of hydrogen-bond donors (Lipinski definition) is 2. The molecule has 154 valence electrons. The average molecular weight is 421 g/mol. The molecule has 29 heavy (non-hydrogen) atoms. The molecule has 1 atom stereocenters. The van der Waals surface area contributed by atoms with Crippen molar-refractivity contribution in [2.45, 2.75) is 50.6 Å². The van der Waals surface area contributed by atoms with Crippen molar-refractivity contribution in [3.05, 3.63) is 39.8 Å². The number of carbonyl (C=O) groups excluding carboxylic acids is 2. The Bertz CT molecular complexity index is 916. The summed E-state index contributed by atoms with van der Waals surface area (Å²) < 4.78 is 26.3. The molecule has 0 radical (unpaired) electrons. The van der Waals surface area contributed by atoms with E-state index in [0.717, 1.165) is 62.0 Å². The van der Waals surface area contributed by atoms with Crippen LogP contribution in [-0.4, -0.2) is 39.6 Å². The molecule has 1 saturated carbocycles. The van der Waals surface area contributed by atoms with Crippen molar-refractivity contribution in [3.63, 3.8) is 0 Å². The van der Waals surface area contributed by atoms with Gasteiger partial charge in [0.25, 0.3) is 5.91 Å². The van der Waals surface area contributed by atoms with E-state index in [9.17, 15) is 18.4 Å². The second kappa shape index (κ2) is 8.40. The van der Waals surface area contributed by atoms with Crippen LogP contribution in [0.1, 0.15) is 59.4 Å². The summed E-state index contributed by atoms with van der Waals surface area (Å²) in [4.78, 5) is 26.8. The second-order valence-corrected chi connectivity index (χ2v) is 8.32. The molecule has 1 aliphatic heterocycles. The summed E-state index contributed by atoms with van der Waals surface area (Å²) in [7, 11) is 0. The van der Waals surface area contributed by atoms with Gasteiger partial charge in [-0.05, 0) is 37.8 Å². The minimum absolute atomic E-state index is 0.0950. The molecule has 7 nitrogen and oxygen atoms in total. The number of hydrogen-bond acceptors (Lipinski definition) is 5. The van der Waals surface area contributed by atoms with Crippen LogP contribution in [0.4, 0.5) is 19.3 Å². The average Bonchev–Trinajstić information content (AvgIpc) is 3.45. The Morgan fingerprint density at radius 3 is 2.62 bits per heavy atom. The lowest BCUT2D eigenvalue weighted by atomic mass is 10.2. The van der Waals surface area contributed by atoms with Crippen molar-refractivity contribution in [3.8, 4) is 0 Å². The summed E-state index contributed by atoms with van der Waals surface area (Å²) >= 11 is 1.10. The van der Waals surface area contributed by atoms with Crippen LogP contribution in [0.2, 0.25) is 0 Å². The third kappa shape index (κ3) is 4.36. The van der Waals surface area contributed by atoms with Gasteiger partial charge in [0.05, 0.1) is 6.04 Å². The minimum Gasteiger partial charge on any atom is -0.335 e. The first-order valence-electron chi connectivity index (χ1n) is 9.68. The van der Waals surface area contributed by atoms with Gasteiger partial charge in [0, 0.05) is 24.3 Å². The Kier molecular flexibility index (Phi) is 5.70. The van der Waals surface area contributed by atoms with Crippen LogP contribution in [0.15, 0.2) is 18.2 Å². The zero-order chi connectivity index (χ0) is 20.4. The van der Waals surface area contributed by atoms with E-state index in [1.807, 2.05) is 0 Å². The van der Waals surface area contributed by atoms with Crippen LogP contribution in [0.5, 0.6) is 0 Å². The number of halogens is 2. The number of nitrogens with one attached hydrogen (secondary N) is 2. The molecule has 2 fully saturated rings. The number of carbonyl (C=O) groups is 2. The highest BCUT2D eigenvalue weighted by atomic mass is 32.1. The summed E-state index contributed by atoms with van der Waals surface area (Å²) in [5, 5.41) is 14.3. The van der Waals surface area contributed by atoms with Gasteiger partial charge in [-0.3, -0.25) is 4.79 Å². The van der Waals surface area contributed by atoms with E-state index in [0.29, 0.717) is 11.6 Å². The predicted octanol–water partition coefficient (Wildman–Crippen LogP) is 3.86. The van der Waals surface area contributed by atoms with E-state index < -0.39 is 17.5 Å². The molecule has 2 N–H and O–H groups in total. The van der Waals surface area contributed by atoms with Crippen molar-refractivity contribution < 1.29 is 18.4 Å². The Labute approximate surface area is 170 Å². The third-order valence-electron chi connectivity index (χ3n) is 5.29. The molecule has 3 amide bonds.